The van der Waals surface area contributed by atoms with Gasteiger partial charge in [-0.1, -0.05) is 48.0 Å². The molecule has 8 heteroatoms. The number of imide groups is 1. The molecule has 4 rings (SSSR count). The molecule has 1 aliphatic heterocycles. The number of halogens is 2. The molecule has 0 aliphatic carbocycles. The fraction of sp³-hybridized carbons (Fsp3) is 0.115. The van der Waals surface area contributed by atoms with E-state index in [-0.39, 0.29) is 24.8 Å². The fourth-order valence-electron chi connectivity index (χ4n) is 3.49. The second-order valence-electron chi connectivity index (χ2n) is 7.73. The Bertz CT molecular complexity index is 1340. The Morgan fingerprint density at radius 3 is 2.56 bits per heavy atom. The summed E-state index contributed by atoms with van der Waals surface area (Å²) in [6.45, 7) is 2.39. The van der Waals surface area contributed by atoms with E-state index >= 15 is 0 Å². The van der Waals surface area contributed by atoms with Crippen molar-refractivity contribution in [1.82, 2.24) is 10.2 Å². The highest BCUT2D eigenvalue weighted by Crippen LogP contribution is 2.32. The zero-order valence-corrected chi connectivity index (χ0v) is 22.5. The predicted molar refractivity (Wildman–Crippen MR) is 146 cm³/mol. The largest absolute Gasteiger partial charge is 0.487 e. The predicted octanol–water partition coefficient (Wildman–Crippen LogP) is 5.75. The molecule has 0 unspecified atom stereocenters. The first-order valence-corrected chi connectivity index (χ1v) is 12.5. The van der Waals surface area contributed by atoms with Gasteiger partial charge >= 0.3 is 6.03 Å². The Hall–Kier alpha value is -2.91. The summed E-state index contributed by atoms with van der Waals surface area (Å²) in [5.41, 5.74) is 4.17. The molecule has 0 atom stereocenters. The fourth-order valence-corrected chi connectivity index (χ4v) is 5.54. The lowest BCUT2D eigenvalue weighted by Crippen LogP contribution is -2.30. The summed E-state index contributed by atoms with van der Waals surface area (Å²) in [6, 6.07) is 20.6. The average Bonchev–Trinajstić information content (AvgIpc) is 3.07. The first kappa shape index (κ1) is 24.2. The van der Waals surface area contributed by atoms with Crippen LogP contribution < -0.4 is 10.1 Å². The number of nitriles is 1. The van der Waals surface area contributed by atoms with Crippen molar-refractivity contribution in [2.45, 2.75) is 20.1 Å². The van der Waals surface area contributed by atoms with Crippen LogP contribution in [0.2, 0.25) is 0 Å². The molecular weight excluding hydrogens is 656 g/mol. The minimum Gasteiger partial charge on any atom is -0.487 e. The number of nitrogens with zero attached hydrogens (tertiary/aromatic N) is 2. The average molecular weight is 675 g/mol. The molecule has 6 nitrogen and oxygen atoms in total. The molecule has 1 saturated heterocycles. The van der Waals surface area contributed by atoms with Crippen molar-refractivity contribution < 1.29 is 14.3 Å². The van der Waals surface area contributed by atoms with Crippen LogP contribution in [-0.2, 0) is 17.9 Å². The first-order valence-electron chi connectivity index (χ1n) is 10.4. The molecule has 3 aromatic carbocycles. The molecule has 1 aliphatic rings. The lowest BCUT2D eigenvalue weighted by Gasteiger charge is -2.14. The Morgan fingerprint density at radius 2 is 1.82 bits per heavy atom. The maximum Gasteiger partial charge on any atom is 0.329 e. The molecule has 0 radical (unpaired) electrons. The minimum absolute atomic E-state index is 0.192. The molecule has 1 heterocycles. The highest BCUT2D eigenvalue weighted by molar-refractivity contribution is 14.1. The van der Waals surface area contributed by atoms with E-state index in [0.717, 1.165) is 23.8 Å². The second kappa shape index (κ2) is 10.6. The quantitative estimate of drug-likeness (QED) is 0.205. The van der Waals surface area contributed by atoms with Gasteiger partial charge in [0.05, 0.1) is 21.7 Å². The van der Waals surface area contributed by atoms with E-state index in [2.05, 4.69) is 56.6 Å². The number of rotatable bonds is 6. The van der Waals surface area contributed by atoms with Crippen LogP contribution in [0.25, 0.3) is 6.08 Å². The van der Waals surface area contributed by atoms with Gasteiger partial charge < -0.3 is 10.1 Å². The van der Waals surface area contributed by atoms with Gasteiger partial charge in [-0.3, -0.25) is 9.69 Å². The first-order chi connectivity index (χ1) is 16.4. The second-order valence-corrected chi connectivity index (χ2v) is 10.1. The van der Waals surface area contributed by atoms with Gasteiger partial charge in [-0.2, -0.15) is 5.26 Å². The number of hydrogen-bond acceptors (Lipinski definition) is 4. The van der Waals surface area contributed by atoms with Gasteiger partial charge in [0.1, 0.15) is 18.1 Å². The Kier molecular flexibility index (Phi) is 7.53. The van der Waals surface area contributed by atoms with Crippen LogP contribution in [0.5, 0.6) is 5.75 Å². The molecule has 0 saturated carbocycles. The van der Waals surface area contributed by atoms with Gasteiger partial charge in [-0.15, -0.1) is 0 Å². The Morgan fingerprint density at radius 1 is 1.09 bits per heavy atom. The van der Waals surface area contributed by atoms with Crippen molar-refractivity contribution >= 4 is 63.2 Å². The van der Waals surface area contributed by atoms with Crippen LogP contribution in [-0.4, -0.2) is 16.8 Å². The molecule has 3 aromatic rings. The molecule has 0 aromatic heterocycles. The number of urea groups is 1. The summed E-state index contributed by atoms with van der Waals surface area (Å²) >= 11 is 4.38. The lowest BCUT2D eigenvalue weighted by atomic mass is 10.1. The number of carbonyl (C=O) groups excluding carboxylic acids is 2. The molecule has 3 amide bonds. The summed E-state index contributed by atoms with van der Waals surface area (Å²) < 4.78 is 7.94. The number of amides is 3. The molecule has 1 N–H and O–H groups in total. The topological polar surface area (TPSA) is 82.4 Å². The number of hydrogen-bond donors (Lipinski definition) is 1. The highest BCUT2D eigenvalue weighted by atomic mass is 127. The van der Waals surface area contributed by atoms with Crippen LogP contribution in [0, 0.1) is 25.4 Å². The van der Waals surface area contributed by atoms with Crippen LogP contribution in [0.1, 0.15) is 27.8 Å². The summed E-state index contributed by atoms with van der Waals surface area (Å²) in [5.74, 6) is 0.195. The number of aryl methyl sites for hydroxylation is 1. The summed E-state index contributed by atoms with van der Waals surface area (Å²) in [7, 11) is 0. The number of ether oxygens (including phenoxy) is 1. The zero-order chi connectivity index (χ0) is 24.2. The number of benzene rings is 3. The van der Waals surface area contributed by atoms with E-state index in [0.29, 0.717) is 16.9 Å². The van der Waals surface area contributed by atoms with E-state index in [9.17, 15) is 14.9 Å². The van der Waals surface area contributed by atoms with Crippen molar-refractivity contribution in [3.05, 3.63) is 101 Å². The van der Waals surface area contributed by atoms with Crippen molar-refractivity contribution in [3.63, 3.8) is 0 Å². The van der Waals surface area contributed by atoms with Gasteiger partial charge in [-0.25, -0.2) is 4.79 Å². The minimum atomic E-state index is -0.456. The summed E-state index contributed by atoms with van der Waals surface area (Å²) in [4.78, 5) is 26.8. The van der Waals surface area contributed by atoms with E-state index in [1.165, 1.54) is 4.90 Å². The van der Waals surface area contributed by atoms with Crippen LogP contribution in [0.15, 0.2) is 66.4 Å². The molecule has 170 valence electrons. The monoisotopic (exact) mass is 675 g/mol. The number of carbonyl (C=O) groups is 2. The van der Waals surface area contributed by atoms with E-state index in [1.54, 1.807) is 12.1 Å². The van der Waals surface area contributed by atoms with E-state index in [1.807, 2.05) is 61.5 Å². The van der Waals surface area contributed by atoms with Crippen LogP contribution in [0.4, 0.5) is 4.79 Å². The maximum atomic E-state index is 13.0. The van der Waals surface area contributed by atoms with Gasteiger partial charge in [0.2, 0.25) is 0 Å². The van der Waals surface area contributed by atoms with Crippen molar-refractivity contribution in [1.29, 1.82) is 5.26 Å². The molecular formula is C26H19I2N3O3. The molecule has 1 fully saturated rings. The molecule has 34 heavy (non-hydrogen) atoms. The van der Waals surface area contributed by atoms with E-state index in [4.69, 9.17) is 4.74 Å². The van der Waals surface area contributed by atoms with Gasteiger partial charge in [0.25, 0.3) is 5.91 Å². The SMILES string of the molecule is Cc1ccc(CN2C(=O)N/C(=C/c3cc(I)cc(I)c3OCc3ccccc3C#N)C2=O)cc1. The lowest BCUT2D eigenvalue weighted by molar-refractivity contribution is -0.123. The van der Waals surface area contributed by atoms with Crippen LogP contribution in [0.3, 0.4) is 0 Å². The Balaban J connectivity index is 1.60. The smallest absolute Gasteiger partial charge is 0.329 e. The van der Waals surface area contributed by atoms with Crippen molar-refractivity contribution in [2.24, 2.45) is 0 Å². The van der Waals surface area contributed by atoms with Crippen LogP contribution >= 0.6 is 45.2 Å². The normalized spacial score (nSPS) is 14.3. The third kappa shape index (κ3) is 5.42. The Labute approximate surface area is 224 Å². The molecule has 0 spiro atoms. The number of nitrogens with one attached hydrogen (secondary N) is 1. The van der Waals surface area contributed by atoms with Gasteiger partial charge in [-0.05, 0) is 81.9 Å². The third-order valence-electron chi connectivity index (χ3n) is 5.27. The molecule has 0 bridgehead atoms. The third-order valence-corrected chi connectivity index (χ3v) is 6.69. The van der Waals surface area contributed by atoms with Gasteiger partial charge in [0.15, 0.2) is 0 Å². The summed E-state index contributed by atoms with van der Waals surface area (Å²) in [6.07, 6.45) is 1.64. The highest BCUT2D eigenvalue weighted by Gasteiger charge is 2.33. The van der Waals surface area contributed by atoms with Crippen molar-refractivity contribution in [2.75, 3.05) is 0 Å². The zero-order valence-electron chi connectivity index (χ0n) is 18.1. The maximum absolute atomic E-state index is 13.0. The van der Waals surface area contributed by atoms with Crippen molar-refractivity contribution in [3.8, 4) is 11.8 Å². The standard InChI is InChI=1S/C26H19I2N3O3/c1-16-6-8-17(9-7-16)14-31-25(32)23(30-26(31)33)11-20-10-21(27)12-22(28)24(20)34-15-19-5-3-2-4-18(19)13-29/h2-12H,14-15H2,1H3,(H,30,33)/b23-11+. The summed E-state index contributed by atoms with van der Waals surface area (Å²) in [5, 5.41) is 12.0. The van der Waals surface area contributed by atoms with E-state index < -0.39 is 6.03 Å². The van der Waals surface area contributed by atoms with Gasteiger partial charge in [0, 0.05) is 14.7 Å².